The van der Waals surface area contributed by atoms with Crippen LogP contribution in [-0.4, -0.2) is 76.2 Å². The summed E-state index contributed by atoms with van der Waals surface area (Å²) in [5.74, 6) is -0.733. The molecule has 5 atom stereocenters. The normalized spacial score (nSPS) is 28.2. The zero-order chi connectivity index (χ0) is 19.1. The topological polar surface area (TPSA) is 158 Å². The smallest absolute Gasteiger partial charge is 0.407 e. The molecule has 26 heavy (non-hydrogen) atoms. The largest absolute Gasteiger partial charge is 0.445 e. The summed E-state index contributed by atoms with van der Waals surface area (Å²) in [7, 11) is 0. The molecule has 1 aliphatic heterocycles. The van der Waals surface area contributed by atoms with Crippen LogP contribution in [0.15, 0.2) is 30.3 Å². The Hall–Kier alpha value is -2.24. The number of carbonyl (C=O) groups is 2. The van der Waals surface area contributed by atoms with Crippen LogP contribution < -0.4 is 10.6 Å². The lowest BCUT2D eigenvalue weighted by molar-refractivity contribution is -0.253. The van der Waals surface area contributed by atoms with Crippen LogP contribution in [0.3, 0.4) is 0 Å². The van der Waals surface area contributed by atoms with Crippen LogP contribution in [0.1, 0.15) is 5.56 Å². The second kappa shape index (κ2) is 9.46. The standard InChI is InChI=1S/C16H22N2O8/c19-7-10-13(21)14(22)12(15(23)26-10)18-11(20)6-17-16(24)25-8-9-4-2-1-3-5-9/h1-5,10,12-15,19,21-23H,6-8H2,(H,17,24)(H,18,20)/t10-,12+,13-,14-,15?/m1/s1. The molecule has 1 saturated heterocycles. The number of hydrogen-bond acceptors (Lipinski definition) is 8. The summed E-state index contributed by atoms with van der Waals surface area (Å²) in [4.78, 5) is 23.4. The van der Waals surface area contributed by atoms with E-state index in [9.17, 15) is 24.9 Å². The fraction of sp³-hybridized carbons (Fsp3) is 0.500. The van der Waals surface area contributed by atoms with Gasteiger partial charge in [-0.1, -0.05) is 30.3 Å². The SMILES string of the molecule is O=C(CNC(=O)OCc1ccccc1)N[C@@H]1C(O)O[C@H](CO)[C@@H](O)[C@@H]1O. The Bertz CT molecular complexity index is 599. The number of alkyl carbamates (subject to hydrolysis) is 1. The van der Waals surface area contributed by atoms with Crippen LogP contribution in [0, 0.1) is 0 Å². The van der Waals surface area contributed by atoms with Crippen molar-refractivity contribution in [3.8, 4) is 0 Å². The quantitative estimate of drug-likeness (QED) is 0.330. The lowest BCUT2D eigenvalue weighted by Gasteiger charge is -2.40. The van der Waals surface area contributed by atoms with E-state index < -0.39 is 55.8 Å². The second-order valence-corrected chi connectivity index (χ2v) is 5.74. The molecule has 1 aromatic rings. The Labute approximate surface area is 149 Å². The van der Waals surface area contributed by atoms with Gasteiger partial charge < -0.3 is 40.5 Å². The maximum atomic E-state index is 11.8. The highest BCUT2D eigenvalue weighted by Gasteiger charge is 2.44. The number of nitrogens with one attached hydrogen (secondary N) is 2. The van der Waals surface area contributed by atoms with Gasteiger partial charge in [-0.15, -0.1) is 0 Å². The van der Waals surface area contributed by atoms with E-state index in [1.165, 1.54) is 0 Å². The third-order valence-corrected chi connectivity index (χ3v) is 3.83. The van der Waals surface area contributed by atoms with Crippen molar-refractivity contribution in [1.82, 2.24) is 10.6 Å². The van der Waals surface area contributed by atoms with Gasteiger partial charge in [0.25, 0.3) is 0 Å². The molecule has 1 aromatic carbocycles. The van der Waals surface area contributed by atoms with E-state index in [0.29, 0.717) is 0 Å². The Morgan fingerprint density at radius 3 is 2.46 bits per heavy atom. The summed E-state index contributed by atoms with van der Waals surface area (Å²) in [5.41, 5.74) is 0.783. The Morgan fingerprint density at radius 1 is 1.12 bits per heavy atom. The van der Waals surface area contributed by atoms with E-state index in [1.807, 2.05) is 6.07 Å². The number of rotatable bonds is 6. The third kappa shape index (κ3) is 5.38. The molecule has 1 heterocycles. The first kappa shape index (κ1) is 20.1. The van der Waals surface area contributed by atoms with Gasteiger partial charge in [0.1, 0.15) is 37.5 Å². The predicted octanol–water partition coefficient (Wildman–Crippen LogP) is -2.17. The summed E-state index contributed by atoms with van der Waals surface area (Å²) < 4.78 is 9.85. The molecule has 0 saturated carbocycles. The van der Waals surface area contributed by atoms with Gasteiger partial charge in [0, 0.05) is 0 Å². The molecule has 1 aliphatic rings. The average Bonchev–Trinajstić information content (AvgIpc) is 2.65. The number of carbonyl (C=O) groups excluding carboxylic acids is 2. The van der Waals surface area contributed by atoms with Gasteiger partial charge in [0.2, 0.25) is 5.91 Å². The fourth-order valence-corrected chi connectivity index (χ4v) is 2.42. The number of amides is 2. The molecule has 0 bridgehead atoms. The van der Waals surface area contributed by atoms with Crippen molar-refractivity contribution in [3.63, 3.8) is 0 Å². The van der Waals surface area contributed by atoms with Crippen molar-refractivity contribution in [2.24, 2.45) is 0 Å². The maximum Gasteiger partial charge on any atom is 0.407 e. The van der Waals surface area contributed by atoms with Gasteiger partial charge in [-0.05, 0) is 5.56 Å². The zero-order valence-corrected chi connectivity index (χ0v) is 13.8. The molecule has 0 aromatic heterocycles. The van der Waals surface area contributed by atoms with Crippen molar-refractivity contribution in [3.05, 3.63) is 35.9 Å². The molecule has 1 unspecified atom stereocenters. The van der Waals surface area contributed by atoms with E-state index in [-0.39, 0.29) is 6.61 Å². The molecule has 10 heteroatoms. The highest BCUT2D eigenvalue weighted by atomic mass is 16.6. The van der Waals surface area contributed by atoms with Crippen molar-refractivity contribution in [2.75, 3.05) is 13.2 Å². The molecule has 2 rings (SSSR count). The molecule has 0 aliphatic carbocycles. The Balaban J connectivity index is 1.75. The minimum Gasteiger partial charge on any atom is -0.445 e. The molecule has 1 fully saturated rings. The highest BCUT2D eigenvalue weighted by Crippen LogP contribution is 2.19. The van der Waals surface area contributed by atoms with E-state index in [0.717, 1.165) is 5.56 Å². The Morgan fingerprint density at radius 2 is 1.81 bits per heavy atom. The number of aliphatic hydroxyl groups is 4. The summed E-state index contributed by atoms with van der Waals surface area (Å²) in [6.45, 7) is -1.04. The van der Waals surface area contributed by atoms with Gasteiger partial charge >= 0.3 is 6.09 Å². The van der Waals surface area contributed by atoms with Crippen molar-refractivity contribution in [2.45, 2.75) is 37.3 Å². The fourth-order valence-electron chi connectivity index (χ4n) is 2.42. The van der Waals surface area contributed by atoms with Gasteiger partial charge in [0.05, 0.1) is 6.61 Å². The highest BCUT2D eigenvalue weighted by molar-refractivity contribution is 5.82. The van der Waals surface area contributed by atoms with Crippen LogP contribution in [0.25, 0.3) is 0 Å². The van der Waals surface area contributed by atoms with Gasteiger partial charge in [-0.25, -0.2) is 4.79 Å². The van der Waals surface area contributed by atoms with E-state index in [1.54, 1.807) is 24.3 Å². The van der Waals surface area contributed by atoms with E-state index >= 15 is 0 Å². The second-order valence-electron chi connectivity index (χ2n) is 5.74. The number of hydrogen-bond donors (Lipinski definition) is 6. The summed E-state index contributed by atoms with van der Waals surface area (Å²) in [6, 6.07) is 7.65. The lowest BCUT2D eigenvalue weighted by atomic mass is 9.97. The molecule has 10 nitrogen and oxygen atoms in total. The van der Waals surface area contributed by atoms with Crippen LogP contribution in [0.2, 0.25) is 0 Å². The third-order valence-electron chi connectivity index (χ3n) is 3.83. The summed E-state index contributed by atoms with van der Waals surface area (Å²) in [6.07, 6.45) is -6.65. The number of benzene rings is 1. The van der Waals surface area contributed by atoms with Crippen LogP contribution in [0.5, 0.6) is 0 Å². The first-order valence-corrected chi connectivity index (χ1v) is 7.96. The maximum absolute atomic E-state index is 11.8. The minimum atomic E-state index is -1.63. The van der Waals surface area contributed by atoms with Gasteiger partial charge in [0.15, 0.2) is 6.29 Å². The molecular weight excluding hydrogens is 348 g/mol. The summed E-state index contributed by atoms with van der Waals surface area (Å²) in [5, 5.41) is 42.9. The van der Waals surface area contributed by atoms with Crippen molar-refractivity contribution >= 4 is 12.0 Å². The summed E-state index contributed by atoms with van der Waals surface area (Å²) >= 11 is 0. The number of aliphatic hydroxyl groups excluding tert-OH is 4. The van der Waals surface area contributed by atoms with Gasteiger partial charge in [-0.2, -0.15) is 0 Å². The minimum absolute atomic E-state index is 0.0386. The monoisotopic (exact) mass is 370 g/mol. The van der Waals surface area contributed by atoms with Gasteiger partial charge in [-0.3, -0.25) is 4.79 Å². The first-order chi connectivity index (χ1) is 12.4. The Kier molecular flexibility index (Phi) is 7.30. The predicted molar refractivity (Wildman–Crippen MR) is 86.5 cm³/mol. The van der Waals surface area contributed by atoms with Crippen LogP contribution in [-0.2, 0) is 20.9 Å². The van der Waals surface area contributed by atoms with E-state index in [4.69, 9.17) is 14.6 Å². The average molecular weight is 370 g/mol. The van der Waals surface area contributed by atoms with Crippen LogP contribution >= 0.6 is 0 Å². The van der Waals surface area contributed by atoms with Crippen LogP contribution in [0.4, 0.5) is 4.79 Å². The van der Waals surface area contributed by atoms with E-state index in [2.05, 4.69) is 10.6 Å². The molecule has 0 radical (unpaired) electrons. The molecule has 0 spiro atoms. The first-order valence-electron chi connectivity index (χ1n) is 7.96. The molecule has 6 N–H and O–H groups in total. The number of ether oxygens (including phenoxy) is 2. The van der Waals surface area contributed by atoms with Crippen molar-refractivity contribution < 1.29 is 39.5 Å². The molecule has 144 valence electrons. The lowest BCUT2D eigenvalue weighted by Crippen LogP contribution is -2.64. The molecular formula is C16H22N2O8. The van der Waals surface area contributed by atoms with Crippen molar-refractivity contribution in [1.29, 1.82) is 0 Å². The zero-order valence-electron chi connectivity index (χ0n) is 13.8. The molecule has 2 amide bonds.